The third-order valence-corrected chi connectivity index (χ3v) is 3.02. The van der Waals surface area contributed by atoms with E-state index in [1.54, 1.807) is 6.07 Å². The third-order valence-electron chi connectivity index (χ3n) is 3.02. The van der Waals surface area contributed by atoms with Crippen molar-refractivity contribution in [1.82, 2.24) is 0 Å². The Bertz CT molecular complexity index is 472. The molecule has 90 valence electrons. The summed E-state index contributed by atoms with van der Waals surface area (Å²) in [5, 5.41) is 8.93. The average Bonchev–Trinajstić information content (AvgIpc) is 2.50. The normalized spacial score (nSPS) is 20.8. The molecule has 1 aromatic carbocycles. The summed E-state index contributed by atoms with van der Waals surface area (Å²) in [5.41, 5.74) is 1.47. The Labute approximate surface area is 102 Å². The van der Waals surface area contributed by atoms with Crippen LogP contribution in [0.5, 0.6) is 5.75 Å². The Morgan fingerprint density at radius 1 is 1.41 bits per heavy atom. The van der Waals surface area contributed by atoms with E-state index in [1.165, 1.54) is 0 Å². The molecule has 17 heavy (non-hydrogen) atoms. The summed E-state index contributed by atoms with van der Waals surface area (Å²) in [4.78, 5) is 0. The minimum atomic E-state index is -0.286. The molecule has 0 fully saturated rings. The molecule has 1 aliphatic rings. The molecule has 1 heterocycles. The van der Waals surface area contributed by atoms with Gasteiger partial charge >= 0.3 is 0 Å². The van der Waals surface area contributed by atoms with Gasteiger partial charge in [0.2, 0.25) is 6.29 Å². The Morgan fingerprint density at radius 2 is 2.12 bits per heavy atom. The van der Waals surface area contributed by atoms with Gasteiger partial charge in [-0.25, -0.2) is 0 Å². The van der Waals surface area contributed by atoms with Crippen molar-refractivity contribution in [3.63, 3.8) is 0 Å². The first kappa shape index (κ1) is 11.9. The molecular weight excluding hydrogens is 214 g/mol. The van der Waals surface area contributed by atoms with Crippen molar-refractivity contribution in [2.45, 2.75) is 45.5 Å². The van der Waals surface area contributed by atoms with Gasteiger partial charge in [0.15, 0.2) is 0 Å². The van der Waals surface area contributed by atoms with E-state index in [1.807, 2.05) is 26.0 Å². The molecule has 0 saturated heterocycles. The number of rotatable bonds is 2. The number of nitrogens with zero attached hydrogens (tertiary/aromatic N) is 1. The van der Waals surface area contributed by atoms with Crippen LogP contribution >= 0.6 is 0 Å². The summed E-state index contributed by atoms with van der Waals surface area (Å²) in [5.74, 6) is 0.819. The van der Waals surface area contributed by atoms with E-state index in [0.29, 0.717) is 5.56 Å². The summed E-state index contributed by atoms with van der Waals surface area (Å²) in [6, 6.07) is 7.66. The lowest BCUT2D eigenvalue weighted by molar-refractivity contribution is -0.128. The maximum atomic E-state index is 8.93. The van der Waals surface area contributed by atoms with Gasteiger partial charge in [-0.1, -0.05) is 0 Å². The zero-order chi connectivity index (χ0) is 12.6. The van der Waals surface area contributed by atoms with E-state index >= 15 is 0 Å². The zero-order valence-electron chi connectivity index (χ0n) is 10.7. The van der Waals surface area contributed by atoms with Crippen LogP contribution in [-0.2, 0) is 10.2 Å². The van der Waals surface area contributed by atoms with Gasteiger partial charge in [0.1, 0.15) is 5.75 Å². The van der Waals surface area contributed by atoms with Crippen LogP contribution in [0.15, 0.2) is 18.2 Å². The van der Waals surface area contributed by atoms with Crippen molar-refractivity contribution < 1.29 is 9.47 Å². The molecule has 0 radical (unpaired) electrons. The number of fused-ring (bicyclic) bond motifs is 1. The van der Waals surface area contributed by atoms with Crippen LogP contribution < -0.4 is 4.74 Å². The van der Waals surface area contributed by atoms with Crippen LogP contribution in [0.3, 0.4) is 0 Å². The second kappa shape index (κ2) is 4.05. The highest BCUT2D eigenvalue weighted by Gasteiger charge is 2.43. The quantitative estimate of drug-likeness (QED) is 0.785. The molecule has 1 atom stereocenters. The predicted molar refractivity (Wildman–Crippen MR) is 64.8 cm³/mol. The Hall–Kier alpha value is -1.53. The van der Waals surface area contributed by atoms with Crippen molar-refractivity contribution in [1.29, 1.82) is 5.26 Å². The number of hydrogen-bond donors (Lipinski definition) is 0. The van der Waals surface area contributed by atoms with Gasteiger partial charge in [-0.05, 0) is 45.9 Å². The molecule has 0 bridgehead atoms. The van der Waals surface area contributed by atoms with E-state index in [4.69, 9.17) is 14.7 Å². The van der Waals surface area contributed by atoms with Crippen molar-refractivity contribution in [2.24, 2.45) is 0 Å². The van der Waals surface area contributed by atoms with E-state index in [0.717, 1.165) is 11.3 Å². The number of nitriles is 1. The molecule has 0 spiro atoms. The standard InChI is InChI=1S/C14H17NO2/c1-9(2)16-13-14(3,4)11-7-10(8-15)5-6-12(11)17-13/h5-7,9,13H,1-4H3. The fraction of sp³-hybridized carbons (Fsp3) is 0.500. The summed E-state index contributed by atoms with van der Waals surface area (Å²) in [7, 11) is 0. The Balaban J connectivity index is 2.37. The van der Waals surface area contributed by atoms with Crippen LogP contribution in [0.1, 0.15) is 38.8 Å². The Kier molecular flexibility index (Phi) is 2.84. The first-order chi connectivity index (χ1) is 7.95. The molecule has 2 rings (SSSR count). The molecule has 0 aromatic heterocycles. The van der Waals surface area contributed by atoms with Crippen molar-refractivity contribution >= 4 is 0 Å². The van der Waals surface area contributed by atoms with Crippen molar-refractivity contribution in [3.05, 3.63) is 29.3 Å². The molecule has 0 aliphatic carbocycles. The summed E-state index contributed by atoms with van der Waals surface area (Å²) < 4.78 is 11.6. The largest absolute Gasteiger partial charge is 0.464 e. The van der Waals surface area contributed by atoms with Crippen LogP contribution in [0.4, 0.5) is 0 Å². The summed E-state index contributed by atoms with van der Waals surface area (Å²) in [6.07, 6.45) is -0.171. The highest BCUT2D eigenvalue weighted by atomic mass is 16.7. The van der Waals surface area contributed by atoms with E-state index in [-0.39, 0.29) is 17.8 Å². The predicted octanol–water partition coefficient (Wildman–Crippen LogP) is 2.98. The molecule has 3 nitrogen and oxygen atoms in total. The fourth-order valence-electron chi connectivity index (χ4n) is 2.04. The molecule has 1 aromatic rings. The molecule has 0 saturated carbocycles. The highest BCUT2D eigenvalue weighted by molar-refractivity contribution is 5.48. The second-order valence-corrected chi connectivity index (χ2v) is 5.18. The summed E-state index contributed by atoms with van der Waals surface area (Å²) in [6.45, 7) is 8.13. The van der Waals surface area contributed by atoms with Crippen LogP contribution in [0.25, 0.3) is 0 Å². The maximum Gasteiger partial charge on any atom is 0.209 e. The van der Waals surface area contributed by atoms with Gasteiger partial charge in [0.05, 0.1) is 23.2 Å². The van der Waals surface area contributed by atoms with E-state index in [9.17, 15) is 0 Å². The van der Waals surface area contributed by atoms with Crippen molar-refractivity contribution in [2.75, 3.05) is 0 Å². The van der Waals surface area contributed by atoms with Gasteiger partial charge < -0.3 is 9.47 Å². The van der Waals surface area contributed by atoms with E-state index < -0.39 is 0 Å². The van der Waals surface area contributed by atoms with Gasteiger partial charge in [-0.15, -0.1) is 0 Å². The minimum Gasteiger partial charge on any atom is -0.464 e. The molecular formula is C14H17NO2. The molecule has 1 aliphatic heterocycles. The zero-order valence-corrected chi connectivity index (χ0v) is 10.7. The minimum absolute atomic E-state index is 0.115. The molecule has 0 amide bonds. The topological polar surface area (TPSA) is 42.2 Å². The molecule has 3 heteroatoms. The third kappa shape index (κ3) is 2.01. The monoisotopic (exact) mass is 231 g/mol. The molecule has 0 N–H and O–H groups in total. The smallest absolute Gasteiger partial charge is 0.209 e. The Morgan fingerprint density at radius 3 is 2.71 bits per heavy atom. The van der Waals surface area contributed by atoms with Gasteiger partial charge in [0.25, 0.3) is 0 Å². The van der Waals surface area contributed by atoms with Gasteiger partial charge in [0, 0.05) is 5.56 Å². The van der Waals surface area contributed by atoms with Gasteiger partial charge in [-0.2, -0.15) is 5.26 Å². The highest BCUT2D eigenvalue weighted by Crippen LogP contribution is 2.43. The average molecular weight is 231 g/mol. The van der Waals surface area contributed by atoms with Crippen LogP contribution in [0.2, 0.25) is 0 Å². The number of benzene rings is 1. The maximum absolute atomic E-state index is 8.93. The SMILES string of the molecule is CC(C)OC1Oc2ccc(C#N)cc2C1(C)C. The first-order valence-corrected chi connectivity index (χ1v) is 5.82. The lowest BCUT2D eigenvalue weighted by Crippen LogP contribution is -2.36. The lowest BCUT2D eigenvalue weighted by Gasteiger charge is -2.27. The molecule has 1 unspecified atom stereocenters. The summed E-state index contributed by atoms with van der Waals surface area (Å²) >= 11 is 0. The van der Waals surface area contributed by atoms with E-state index in [2.05, 4.69) is 19.9 Å². The fourth-order valence-corrected chi connectivity index (χ4v) is 2.04. The van der Waals surface area contributed by atoms with Crippen LogP contribution in [0, 0.1) is 11.3 Å². The van der Waals surface area contributed by atoms with Gasteiger partial charge in [-0.3, -0.25) is 0 Å². The number of ether oxygens (including phenoxy) is 2. The second-order valence-electron chi connectivity index (χ2n) is 5.18. The number of hydrogen-bond acceptors (Lipinski definition) is 3. The van der Waals surface area contributed by atoms with Crippen LogP contribution in [-0.4, -0.2) is 12.4 Å². The first-order valence-electron chi connectivity index (χ1n) is 5.82. The lowest BCUT2D eigenvalue weighted by atomic mass is 9.84. The van der Waals surface area contributed by atoms with Crippen molar-refractivity contribution in [3.8, 4) is 11.8 Å².